The topological polar surface area (TPSA) is 209 Å². The van der Waals surface area contributed by atoms with Crippen molar-refractivity contribution in [3.63, 3.8) is 0 Å². The molecule has 0 aromatic heterocycles. The molecule has 14 heteroatoms. The van der Waals surface area contributed by atoms with Crippen molar-refractivity contribution in [1.29, 1.82) is 0 Å². The summed E-state index contributed by atoms with van der Waals surface area (Å²) in [5.41, 5.74) is 0. The van der Waals surface area contributed by atoms with Crippen molar-refractivity contribution < 1.29 is 38.4 Å². The average Bonchev–Trinajstić information content (AvgIpc) is 2.80. The number of nitrogens with one attached hydrogen (secondary N) is 6. The molecular weight excluding hydrogens is 512 g/mol. The number of amides is 8. The van der Waals surface area contributed by atoms with Crippen molar-refractivity contribution in [3.8, 4) is 0 Å². The maximum atomic E-state index is 12.4. The SMILES string of the molecule is CC(=O)NCCCCC(NC(=O)CCCC(=O)NC(CCCCNC(C)=O)C(=O)NC(C)=O)C(=O)NC(C)=O. The molecule has 8 amide bonds. The standard InChI is InChI=1S/C25H42N6O8/c1-16(32)26-14-7-5-10-20(24(38)28-18(3)34)30-22(36)12-9-13-23(37)31-21(25(39)29-19(4)35)11-6-8-15-27-17(2)33/h20-21H,5-15H2,1-4H3,(H,26,32)(H,27,33)(H,30,36)(H,31,37)(H,28,34,38)(H,29,35,39). The Hall–Kier alpha value is -3.84. The van der Waals surface area contributed by atoms with E-state index in [9.17, 15) is 38.4 Å². The van der Waals surface area contributed by atoms with Gasteiger partial charge in [-0.05, 0) is 44.9 Å². The fraction of sp³-hybridized carbons (Fsp3) is 0.680. The lowest BCUT2D eigenvalue weighted by molar-refractivity contribution is -0.134. The zero-order valence-electron chi connectivity index (χ0n) is 23.2. The lowest BCUT2D eigenvalue weighted by Crippen LogP contribution is -2.48. The molecule has 0 spiro atoms. The van der Waals surface area contributed by atoms with E-state index in [2.05, 4.69) is 31.9 Å². The van der Waals surface area contributed by atoms with Gasteiger partial charge in [0.1, 0.15) is 12.1 Å². The van der Waals surface area contributed by atoms with Crippen molar-refractivity contribution in [1.82, 2.24) is 31.9 Å². The maximum absolute atomic E-state index is 12.4. The normalized spacial score (nSPS) is 11.8. The van der Waals surface area contributed by atoms with E-state index in [0.717, 1.165) is 0 Å². The zero-order chi connectivity index (χ0) is 29.8. The summed E-state index contributed by atoms with van der Waals surface area (Å²) in [6.45, 7) is 5.97. The van der Waals surface area contributed by atoms with Crippen molar-refractivity contribution in [2.24, 2.45) is 0 Å². The summed E-state index contributed by atoms with van der Waals surface area (Å²) >= 11 is 0. The Morgan fingerprint density at radius 3 is 1.15 bits per heavy atom. The molecule has 6 N–H and O–H groups in total. The number of hydrogen-bond acceptors (Lipinski definition) is 8. The van der Waals surface area contributed by atoms with Gasteiger partial charge in [-0.3, -0.25) is 49.0 Å². The minimum atomic E-state index is -0.954. The van der Waals surface area contributed by atoms with Crippen LogP contribution in [-0.4, -0.2) is 72.4 Å². The van der Waals surface area contributed by atoms with Crippen molar-refractivity contribution in [3.05, 3.63) is 0 Å². The van der Waals surface area contributed by atoms with Crippen LogP contribution in [0.2, 0.25) is 0 Å². The van der Waals surface area contributed by atoms with Gasteiger partial charge in [0.05, 0.1) is 0 Å². The minimum absolute atomic E-state index is 0.0792. The van der Waals surface area contributed by atoms with Crippen LogP contribution < -0.4 is 31.9 Å². The molecule has 2 unspecified atom stereocenters. The smallest absolute Gasteiger partial charge is 0.249 e. The molecule has 0 heterocycles. The molecule has 0 fully saturated rings. The monoisotopic (exact) mass is 554 g/mol. The number of imide groups is 2. The van der Waals surface area contributed by atoms with Crippen molar-refractivity contribution in [2.75, 3.05) is 13.1 Å². The number of carbonyl (C=O) groups excluding carboxylic acids is 8. The predicted octanol–water partition coefficient (Wildman–Crippen LogP) is -0.935. The minimum Gasteiger partial charge on any atom is -0.356 e. The molecule has 0 saturated heterocycles. The van der Waals surface area contributed by atoms with Gasteiger partial charge < -0.3 is 21.3 Å². The third-order valence-corrected chi connectivity index (χ3v) is 5.30. The quantitative estimate of drug-likeness (QED) is 0.116. The van der Waals surface area contributed by atoms with Crippen LogP contribution in [0.25, 0.3) is 0 Å². The van der Waals surface area contributed by atoms with Crippen LogP contribution in [-0.2, 0) is 38.4 Å². The molecule has 0 aliphatic rings. The fourth-order valence-corrected chi connectivity index (χ4v) is 3.48. The molecule has 0 rings (SSSR count). The van der Waals surface area contributed by atoms with Gasteiger partial charge in [0.25, 0.3) is 0 Å². The summed E-state index contributed by atoms with van der Waals surface area (Å²) < 4.78 is 0. The molecular formula is C25H42N6O8. The molecule has 220 valence electrons. The first-order chi connectivity index (χ1) is 18.3. The van der Waals surface area contributed by atoms with Gasteiger partial charge in [0.2, 0.25) is 47.3 Å². The highest BCUT2D eigenvalue weighted by Crippen LogP contribution is 2.06. The summed E-state index contributed by atoms with van der Waals surface area (Å²) in [5, 5.41) is 14.7. The maximum Gasteiger partial charge on any atom is 0.249 e. The lowest BCUT2D eigenvalue weighted by atomic mass is 10.1. The van der Waals surface area contributed by atoms with Crippen LogP contribution in [0.5, 0.6) is 0 Å². The van der Waals surface area contributed by atoms with Gasteiger partial charge in [-0.2, -0.15) is 0 Å². The Morgan fingerprint density at radius 2 is 0.846 bits per heavy atom. The Labute approximate surface area is 228 Å². The molecule has 14 nitrogen and oxygen atoms in total. The molecule has 0 aliphatic carbocycles. The molecule has 0 radical (unpaired) electrons. The summed E-state index contributed by atoms with van der Waals surface area (Å²) in [4.78, 5) is 93.8. The zero-order valence-corrected chi connectivity index (χ0v) is 23.2. The number of hydrogen-bond donors (Lipinski definition) is 6. The van der Waals surface area contributed by atoms with E-state index in [0.29, 0.717) is 38.8 Å². The van der Waals surface area contributed by atoms with Crippen LogP contribution in [0.15, 0.2) is 0 Å². The average molecular weight is 555 g/mol. The second-order valence-electron chi connectivity index (χ2n) is 9.14. The van der Waals surface area contributed by atoms with E-state index in [1.54, 1.807) is 0 Å². The Balaban J connectivity index is 4.75. The molecule has 0 bridgehead atoms. The van der Waals surface area contributed by atoms with E-state index in [4.69, 9.17) is 0 Å². The molecule has 39 heavy (non-hydrogen) atoms. The Morgan fingerprint density at radius 1 is 0.487 bits per heavy atom. The molecule has 0 saturated carbocycles. The summed E-state index contributed by atoms with van der Waals surface area (Å²) in [6, 6.07) is -1.91. The first kappa shape index (κ1) is 35.2. The number of unbranched alkanes of at least 4 members (excludes halogenated alkanes) is 2. The Kier molecular flexibility index (Phi) is 18.2. The van der Waals surface area contributed by atoms with E-state index in [-0.39, 0.29) is 43.9 Å². The molecule has 0 aliphatic heterocycles. The van der Waals surface area contributed by atoms with E-state index < -0.39 is 47.5 Å². The summed E-state index contributed by atoms with van der Waals surface area (Å²) in [5.74, 6) is -3.75. The van der Waals surface area contributed by atoms with Crippen LogP contribution in [0, 0.1) is 0 Å². The van der Waals surface area contributed by atoms with E-state index >= 15 is 0 Å². The predicted molar refractivity (Wildman–Crippen MR) is 140 cm³/mol. The highest BCUT2D eigenvalue weighted by Gasteiger charge is 2.23. The third kappa shape index (κ3) is 19.9. The van der Waals surface area contributed by atoms with Crippen molar-refractivity contribution in [2.45, 2.75) is 97.6 Å². The number of rotatable bonds is 18. The lowest BCUT2D eigenvalue weighted by Gasteiger charge is -2.18. The summed E-state index contributed by atoms with van der Waals surface area (Å²) in [7, 11) is 0. The third-order valence-electron chi connectivity index (χ3n) is 5.30. The van der Waals surface area contributed by atoms with Crippen molar-refractivity contribution >= 4 is 47.3 Å². The van der Waals surface area contributed by atoms with Gasteiger partial charge in [-0.25, -0.2) is 0 Å². The second-order valence-corrected chi connectivity index (χ2v) is 9.14. The fourth-order valence-electron chi connectivity index (χ4n) is 3.48. The number of carbonyl (C=O) groups is 8. The van der Waals surface area contributed by atoms with Gasteiger partial charge in [0.15, 0.2) is 0 Å². The summed E-state index contributed by atoms with van der Waals surface area (Å²) in [6.07, 6.45) is 2.63. The van der Waals surface area contributed by atoms with Gasteiger partial charge in [-0.15, -0.1) is 0 Å². The van der Waals surface area contributed by atoms with Crippen LogP contribution in [0.3, 0.4) is 0 Å². The van der Waals surface area contributed by atoms with Crippen LogP contribution in [0.1, 0.15) is 85.5 Å². The largest absolute Gasteiger partial charge is 0.356 e. The Bertz CT molecular complexity index is 822. The van der Waals surface area contributed by atoms with E-state index in [1.807, 2.05) is 0 Å². The van der Waals surface area contributed by atoms with E-state index in [1.165, 1.54) is 27.7 Å². The highest BCUT2D eigenvalue weighted by molar-refractivity contribution is 5.99. The highest BCUT2D eigenvalue weighted by atomic mass is 16.2. The van der Waals surface area contributed by atoms with Crippen LogP contribution >= 0.6 is 0 Å². The molecule has 2 atom stereocenters. The first-order valence-electron chi connectivity index (χ1n) is 13.0. The van der Waals surface area contributed by atoms with Gasteiger partial charge >= 0.3 is 0 Å². The van der Waals surface area contributed by atoms with Crippen LogP contribution in [0.4, 0.5) is 0 Å². The van der Waals surface area contributed by atoms with Gasteiger partial charge in [-0.1, -0.05) is 0 Å². The second kappa shape index (κ2) is 20.2. The molecule has 0 aromatic carbocycles. The van der Waals surface area contributed by atoms with Gasteiger partial charge in [0, 0.05) is 53.6 Å². The first-order valence-corrected chi connectivity index (χ1v) is 13.0. The molecule has 0 aromatic rings.